The molecule has 2 aliphatic heterocycles. The maximum atomic E-state index is 13.9. The number of halogens is 3. The summed E-state index contributed by atoms with van der Waals surface area (Å²) < 4.78 is 44.3. The van der Waals surface area contributed by atoms with Crippen molar-refractivity contribution in [3.8, 4) is 5.75 Å². The number of rotatable bonds is 9. The molecule has 5 rings (SSSR count). The largest absolute Gasteiger partial charge is 0.484 e. The zero-order valence-electron chi connectivity index (χ0n) is 25.6. The molecule has 2 aliphatic rings. The van der Waals surface area contributed by atoms with Gasteiger partial charge in [0.1, 0.15) is 5.75 Å². The predicted molar refractivity (Wildman–Crippen MR) is 166 cm³/mol. The second-order valence-corrected chi connectivity index (χ2v) is 11.3. The van der Waals surface area contributed by atoms with Crippen molar-refractivity contribution in [2.24, 2.45) is 5.41 Å². The van der Waals surface area contributed by atoms with Gasteiger partial charge in [0.05, 0.1) is 34.2 Å². The molecule has 252 valence electrons. The van der Waals surface area contributed by atoms with Crippen LogP contribution >= 0.6 is 0 Å². The molecule has 3 aromatic rings. The first-order valence-corrected chi connectivity index (χ1v) is 14.8. The number of hydrogen-bond donors (Lipinski definition) is 3. The van der Waals surface area contributed by atoms with Gasteiger partial charge in [0.2, 0.25) is 11.8 Å². The van der Waals surface area contributed by atoms with Crippen LogP contribution < -0.4 is 25.6 Å². The summed E-state index contributed by atoms with van der Waals surface area (Å²) in [4.78, 5) is 64.2. The highest BCUT2D eigenvalue weighted by atomic mass is 19.4. The van der Waals surface area contributed by atoms with Crippen LogP contribution in [0.4, 0.5) is 35.0 Å². The number of likely N-dealkylation sites (N-methyl/N-ethyl adjacent to an activating group) is 1. The Morgan fingerprint density at radius 2 is 1.67 bits per heavy atom. The van der Waals surface area contributed by atoms with Gasteiger partial charge in [-0.25, -0.2) is 4.79 Å². The van der Waals surface area contributed by atoms with Crippen molar-refractivity contribution in [3.05, 3.63) is 94.0 Å². The van der Waals surface area contributed by atoms with Gasteiger partial charge in [-0.05, 0) is 60.9 Å². The van der Waals surface area contributed by atoms with E-state index in [0.29, 0.717) is 17.0 Å². The van der Waals surface area contributed by atoms with Crippen molar-refractivity contribution < 1.29 is 42.0 Å². The summed E-state index contributed by atoms with van der Waals surface area (Å²) in [7, 11) is 1.44. The number of carbonyl (C=O) groups is 4. The van der Waals surface area contributed by atoms with E-state index in [1.165, 1.54) is 47.2 Å². The average Bonchev–Trinajstić information content (AvgIpc) is 3.08. The number of amides is 5. The molecule has 0 aliphatic carbocycles. The quantitative estimate of drug-likeness (QED) is 0.174. The van der Waals surface area contributed by atoms with Crippen molar-refractivity contribution in [1.82, 2.24) is 15.5 Å². The Hall–Kier alpha value is -5.67. The number of urea groups is 1. The molecule has 0 saturated carbocycles. The van der Waals surface area contributed by atoms with Crippen molar-refractivity contribution in [2.75, 3.05) is 43.5 Å². The van der Waals surface area contributed by atoms with E-state index >= 15 is 0 Å². The van der Waals surface area contributed by atoms with E-state index in [-0.39, 0.29) is 62.3 Å². The van der Waals surface area contributed by atoms with E-state index in [0.717, 1.165) is 12.1 Å². The van der Waals surface area contributed by atoms with E-state index in [4.69, 9.17) is 4.74 Å². The Morgan fingerprint density at radius 1 is 1.00 bits per heavy atom. The maximum absolute atomic E-state index is 13.9. The van der Waals surface area contributed by atoms with Gasteiger partial charge in [0.25, 0.3) is 11.6 Å². The zero-order valence-corrected chi connectivity index (χ0v) is 25.6. The molecule has 2 heterocycles. The van der Waals surface area contributed by atoms with Gasteiger partial charge in [-0.15, -0.1) is 0 Å². The molecule has 5 amide bonds. The number of alkyl halides is 3. The second kappa shape index (κ2) is 13.6. The molecule has 48 heavy (non-hydrogen) atoms. The van der Waals surface area contributed by atoms with Gasteiger partial charge in [0, 0.05) is 38.0 Å². The van der Waals surface area contributed by atoms with E-state index in [1.54, 1.807) is 30.3 Å². The Kier molecular flexibility index (Phi) is 9.54. The molecule has 13 nitrogen and oxygen atoms in total. The predicted octanol–water partition coefficient (Wildman–Crippen LogP) is 4.26. The topological polar surface area (TPSA) is 163 Å². The fourth-order valence-electron chi connectivity index (χ4n) is 5.90. The number of nitrogens with one attached hydrogen (secondary N) is 3. The number of anilines is 2. The van der Waals surface area contributed by atoms with Crippen LogP contribution in [0.2, 0.25) is 0 Å². The normalized spacial score (nSPS) is 16.9. The van der Waals surface area contributed by atoms with Crippen molar-refractivity contribution >= 4 is 40.8 Å². The van der Waals surface area contributed by atoms with Gasteiger partial charge in [0.15, 0.2) is 6.61 Å². The summed E-state index contributed by atoms with van der Waals surface area (Å²) in [5.74, 6) is -0.776. The van der Waals surface area contributed by atoms with Gasteiger partial charge in [-0.1, -0.05) is 18.2 Å². The molecule has 3 aromatic carbocycles. The first kappa shape index (κ1) is 33.7. The van der Waals surface area contributed by atoms with Crippen LogP contribution in [0.3, 0.4) is 0 Å². The lowest BCUT2D eigenvalue weighted by Gasteiger charge is -2.58. The Labute approximate surface area is 272 Å². The number of nitrogens with zero attached hydrogens (tertiary/aromatic N) is 3. The number of piperidine rings is 1. The number of benzene rings is 3. The smallest absolute Gasteiger partial charge is 0.416 e. The van der Waals surface area contributed by atoms with Crippen LogP contribution in [0.1, 0.15) is 30.0 Å². The first-order chi connectivity index (χ1) is 22.8. The Balaban J connectivity index is 1.31. The lowest BCUT2D eigenvalue weighted by Crippen LogP contribution is -2.67. The fraction of sp³-hybridized carbons (Fsp3) is 0.312. The van der Waals surface area contributed by atoms with E-state index in [2.05, 4.69) is 16.0 Å². The molecule has 16 heteroatoms. The molecule has 2 fully saturated rings. The highest BCUT2D eigenvalue weighted by molar-refractivity contribution is 6.06. The van der Waals surface area contributed by atoms with Crippen LogP contribution in [-0.4, -0.2) is 66.9 Å². The molecule has 2 saturated heterocycles. The highest BCUT2D eigenvalue weighted by Gasteiger charge is 2.62. The number of non-ortho nitro benzene ring substituents is 1. The van der Waals surface area contributed by atoms with Crippen LogP contribution in [0.25, 0.3) is 0 Å². The van der Waals surface area contributed by atoms with E-state index in [1.807, 2.05) is 0 Å². The number of nitro benzene ring substituents is 1. The third-order valence-corrected chi connectivity index (χ3v) is 8.44. The lowest BCUT2D eigenvalue weighted by molar-refractivity contribution is -0.384. The van der Waals surface area contributed by atoms with E-state index < -0.39 is 40.1 Å². The summed E-state index contributed by atoms with van der Waals surface area (Å²) in [6, 6.07) is 15.4. The summed E-state index contributed by atoms with van der Waals surface area (Å²) >= 11 is 0. The van der Waals surface area contributed by atoms with E-state index in [9.17, 15) is 42.5 Å². The standard InChI is InChI=1S/C32H31F3N6O7/c1-36-26(42)18-37-27(43)19-48-25-11-5-20(6-12-25)28-31(29(44)40(28)23-3-2-4-24(17-23)41(46)47)13-15-39(16-14-31)30(45)38-22-9-7-21(8-10-22)32(33,34)35/h2-12,17,28H,13-16,18-19H2,1H3,(H,36,42)(H,37,43)(H,38,45). The molecule has 1 unspecified atom stereocenters. The third-order valence-electron chi connectivity index (χ3n) is 8.44. The number of nitro groups is 1. The van der Waals surface area contributed by atoms with Crippen LogP contribution in [0.5, 0.6) is 5.75 Å². The number of β-lactam (4-membered cyclic amide) rings is 1. The summed E-state index contributed by atoms with van der Waals surface area (Å²) in [5.41, 5.74) is -0.758. The maximum Gasteiger partial charge on any atom is 0.416 e. The average molecular weight is 669 g/mol. The minimum atomic E-state index is -4.51. The van der Waals surface area contributed by atoms with Crippen LogP contribution in [-0.2, 0) is 20.6 Å². The van der Waals surface area contributed by atoms with Crippen molar-refractivity contribution in [2.45, 2.75) is 25.1 Å². The molecule has 1 atom stereocenters. The van der Waals surface area contributed by atoms with Gasteiger partial charge in [-0.2, -0.15) is 13.2 Å². The number of ether oxygens (including phenoxy) is 1. The molecular weight excluding hydrogens is 637 g/mol. The summed E-state index contributed by atoms with van der Waals surface area (Å²) in [6.45, 7) is -0.197. The number of carbonyl (C=O) groups excluding carboxylic acids is 4. The highest BCUT2D eigenvalue weighted by Crippen LogP contribution is 2.57. The minimum Gasteiger partial charge on any atom is -0.484 e. The molecule has 3 N–H and O–H groups in total. The number of hydrogen-bond acceptors (Lipinski definition) is 7. The molecule has 0 aromatic heterocycles. The third kappa shape index (κ3) is 7.01. The summed E-state index contributed by atoms with van der Waals surface area (Å²) in [6.07, 6.45) is -4.00. The van der Waals surface area contributed by atoms with Gasteiger partial charge >= 0.3 is 12.2 Å². The first-order valence-electron chi connectivity index (χ1n) is 14.8. The number of likely N-dealkylation sites (tertiary alicyclic amines) is 1. The fourth-order valence-corrected chi connectivity index (χ4v) is 5.90. The van der Waals surface area contributed by atoms with Gasteiger partial charge < -0.3 is 30.5 Å². The van der Waals surface area contributed by atoms with Gasteiger partial charge in [-0.3, -0.25) is 24.5 Å². The molecule has 0 radical (unpaired) electrons. The van der Waals surface area contributed by atoms with Crippen LogP contribution in [0.15, 0.2) is 72.8 Å². The minimum absolute atomic E-state index is 0.170. The zero-order chi connectivity index (χ0) is 34.6. The SMILES string of the molecule is CNC(=O)CNC(=O)COc1ccc(C2N(c3cccc([N+](=O)[O-])c3)C(=O)C23CCN(C(=O)Nc2ccc(C(F)(F)F)cc2)CC3)cc1. The van der Waals surface area contributed by atoms with Crippen LogP contribution in [0, 0.1) is 15.5 Å². The Morgan fingerprint density at radius 3 is 2.27 bits per heavy atom. The Bertz CT molecular complexity index is 1710. The monoisotopic (exact) mass is 668 g/mol. The molecular formula is C32H31F3N6O7. The van der Waals surface area contributed by atoms with Crippen molar-refractivity contribution in [1.29, 1.82) is 0 Å². The summed E-state index contributed by atoms with van der Waals surface area (Å²) in [5, 5.41) is 18.9. The van der Waals surface area contributed by atoms with Crippen molar-refractivity contribution in [3.63, 3.8) is 0 Å². The lowest BCUT2D eigenvalue weighted by atomic mass is 9.62. The molecule has 1 spiro atoms. The second-order valence-electron chi connectivity index (χ2n) is 11.3. The molecule has 0 bridgehead atoms.